The van der Waals surface area contributed by atoms with Gasteiger partial charge in [-0.05, 0) is 38.3 Å². The summed E-state index contributed by atoms with van der Waals surface area (Å²) in [5.74, 6) is 0.206. The Kier molecular flexibility index (Phi) is 5.68. The third-order valence-electron chi connectivity index (χ3n) is 5.14. The SMILES string of the molecule is Cc1cc(C)c2ncc(C#N)c(NC3CCN(CCS(C)(=O)=O)CC3)c2c1. The number of rotatable bonds is 5. The van der Waals surface area contributed by atoms with E-state index in [1.54, 1.807) is 6.20 Å². The number of likely N-dealkylation sites (tertiary alicyclic amines) is 1. The van der Waals surface area contributed by atoms with Gasteiger partial charge in [-0.1, -0.05) is 11.6 Å². The molecular formula is C20H26N4O2S. The molecule has 2 heterocycles. The van der Waals surface area contributed by atoms with Crippen molar-refractivity contribution in [2.75, 3.05) is 37.0 Å². The van der Waals surface area contributed by atoms with Gasteiger partial charge in [0.1, 0.15) is 15.9 Å². The Morgan fingerprint density at radius 2 is 2.00 bits per heavy atom. The number of pyridine rings is 1. The Morgan fingerprint density at radius 1 is 1.30 bits per heavy atom. The van der Waals surface area contributed by atoms with E-state index in [-0.39, 0.29) is 11.8 Å². The quantitative estimate of drug-likeness (QED) is 0.850. The maximum atomic E-state index is 11.4. The Hall–Kier alpha value is -2.17. The number of nitriles is 1. The van der Waals surface area contributed by atoms with Crippen molar-refractivity contribution >= 4 is 26.4 Å². The van der Waals surface area contributed by atoms with Crippen LogP contribution in [0.25, 0.3) is 10.9 Å². The van der Waals surface area contributed by atoms with Gasteiger partial charge in [-0.25, -0.2) is 8.42 Å². The van der Waals surface area contributed by atoms with Gasteiger partial charge in [0, 0.05) is 43.5 Å². The largest absolute Gasteiger partial charge is 0.381 e. The fourth-order valence-electron chi connectivity index (χ4n) is 3.70. The van der Waals surface area contributed by atoms with Crippen LogP contribution in [-0.2, 0) is 9.84 Å². The molecule has 0 atom stereocenters. The molecule has 1 aliphatic rings. The topological polar surface area (TPSA) is 86.1 Å². The third kappa shape index (κ3) is 4.76. The fraction of sp³-hybridized carbons (Fsp3) is 0.500. The molecule has 0 radical (unpaired) electrons. The zero-order chi connectivity index (χ0) is 19.6. The molecule has 144 valence electrons. The molecule has 0 unspecified atom stereocenters. The minimum Gasteiger partial charge on any atom is -0.381 e. The van der Waals surface area contributed by atoms with E-state index in [1.165, 1.54) is 6.26 Å². The number of anilines is 1. The van der Waals surface area contributed by atoms with Gasteiger partial charge >= 0.3 is 0 Å². The number of fused-ring (bicyclic) bond motifs is 1. The van der Waals surface area contributed by atoms with Crippen molar-refractivity contribution in [3.8, 4) is 6.07 Å². The number of hydrogen-bond acceptors (Lipinski definition) is 6. The molecule has 3 rings (SSSR count). The van der Waals surface area contributed by atoms with Crippen LogP contribution in [-0.4, -0.2) is 56.0 Å². The van der Waals surface area contributed by atoms with Crippen LogP contribution in [0.3, 0.4) is 0 Å². The lowest BCUT2D eigenvalue weighted by atomic mass is 10.0. The fourth-order valence-corrected chi connectivity index (χ4v) is 4.29. The minimum absolute atomic E-state index is 0.206. The highest BCUT2D eigenvalue weighted by Crippen LogP contribution is 2.30. The molecule has 1 aromatic carbocycles. The first-order chi connectivity index (χ1) is 12.8. The summed E-state index contributed by atoms with van der Waals surface area (Å²) in [6.07, 6.45) is 4.77. The Labute approximate surface area is 161 Å². The number of hydrogen-bond donors (Lipinski definition) is 1. The van der Waals surface area contributed by atoms with Crippen LogP contribution >= 0.6 is 0 Å². The normalized spacial score (nSPS) is 16.4. The van der Waals surface area contributed by atoms with Gasteiger partial charge in [0.25, 0.3) is 0 Å². The van der Waals surface area contributed by atoms with Crippen LogP contribution < -0.4 is 5.32 Å². The second kappa shape index (κ2) is 7.83. The van der Waals surface area contributed by atoms with Crippen molar-refractivity contribution in [3.05, 3.63) is 35.0 Å². The van der Waals surface area contributed by atoms with E-state index in [1.807, 2.05) is 6.92 Å². The van der Waals surface area contributed by atoms with Gasteiger partial charge in [0.2, 0.25) is 0 Å². The smallest absolute Gasteiger partial charge is 0.148 e. The predicted octanol–water partition coefficient (Wildman–Crippen LogP) is 2.64. The molecule has 0 saturated carbocycles. The highest BCUT2D eigenvalue weighted by Gasteiger charge is 2.22. The van der Waals surface area contributed by atoms with Crippen LogP contribution in [0, 0.1) is 25.2 Å². The Morgan fingerprint density at radius 3 is 2.63 bits per heavy atom. The molecule has 0 spiro atoms. The zero-order valence-corrected chi connectivity index (χ0v) is 16.9. The Balaban J connectivity index is 1.77. The monoisotopic (exact) mass is 386 g/mol. The molecule has 2 aromatic rings. The minimum atomic E-state index is -2.93. The van der Waals surface area contributed by atoms with E-state index in [0.29, 0.717) is 12.1 Å². The van der Waals surface area contributed by atoms with Crippen LogP contribution in [0.2, 0.25) is 0 Å². The van der Waals surface area contributed by atoms with Crippen molar-refractivity contribution < 1.29 is 8.42 Å². The summed E-state index contributed by atoms with van der Waals surface area (Å²) in [7, 11) is -2.93. The van der Waals surface area contributed by atoms with Crippen molar-refractivity contribution in [1.29, 1.82) is 5.26 Å². The number of piperidine rings is 1. The summed E-state index contributed by atoms with van der Waals surface area (Å²) in [6, 6.07) is 6.71. The van der Waals surface area contributed by atoms with Gasteiger partial charge < -0.3 is 10.2 Å². The number of sulfone groups is 1. The standard InChI is InChI=1S/C20H26N4O2S/c1-14-10-15(2)19-18(11-14)20(16(12-21)13-22-19)23-17-4-6-24(7-5-17)8-9-27(3,25)26/h10-11,13,17H,4-9H2,1-3H3,(H,22,23). The first-order valence-corrected chi connectivity index (χ1v) is 11.3. The Bertz CT molecular complexity index is 987. The van der Waals surface area contributed by atoms with Crippen molar-refractivity contribution in [3.63, 3.8) is 0 Å². The second-order valence-electron chi connectivity index (χ2n) is 7.53. The number of aryl methyl sites for hydroxylation is 2. The average Bonchev–Trinajstić information content (AvgIpc) is 2.61. The van der Waals surface area contributed by atoms with Crippen LogP contribution in [0.4, 0.5) is 5.69 Å². The van der Waals surface area contributed by atoms with E-state index in [9.17, 15) is 13.7 Å². The highest BCUT2D eigenvalue weighted by molar-refractivity contribution is 7.90. The predicted molar refractivity (Wildman–Crippen MR) is 109 cm³/mol. The van der Waals surface area contributed by atoms with E-state index in [4.69, 9.17) is 0 Å². The van der Waals surface area contributed by atoms with Crippen molar-refractivity contribution in [2.24, 2.45) is 0 Å². The first-order valence-electron chi connectivity index (χ1n) is 9.23. The molecule has 7 heteroatoms. The third-order valence-corrected chi connectivity index (χ3v) is 6.07. The first kappa shape index (κ1) is 19.6. The molecule has 1 saturated heterocycles. The number of nitrogens with one attached hydrogen (secondary N) is 1. The van der Waals surface area contributed by atoms with Crippen molar-refractivity contribution in [1.82, 2.24) is 9.88 Å². The second-order valence-corrected chi connectivity index (χ2v) is 9.79. The lowest BCUT2D eigenvalue weighted by Gasteiger charge is -2.33. The summed E-state index contributed by atoms with van der Waals surface area (Å²) < 4.78 is 22.7. The van der Waals surface area contributed by atoms with Crippen LogP contribution in [0.1, 0.15) is 29.5 Å². The molecule has 0 amide bonds. The average molecular weight is 387 g/mol. The molecule has 0 aliphatic carbocycles. The molecular weight excluding hydrogens is 360 g/mol. The van der Waals surface area contributed by atoms with E-state index in [2.05, 4.69) is 40.3 Å². The van der Waals surface area contributed by atoms with E-state index < -0.39 is 9.84 Å². The number of benzene rings is 1. The summed E-state index contributed by atoms with van der Waals surface area (Å²) in [6.45, 7) is 6.39. The van der Waals surface area contributed by atoms with Crippen molar-refractivity contribution in [2.45, 2.75) is 32.7 Å². The van der Waals surface area contributed by atoms with Crippen LogP contribution in [0.15, 0.2) is 18.3 Å². The van der Waals surface area contributed by atoms with E-state index >= 15 is 0 Å². The zero-order valence-electron chi connectivity index (χ0n) is 16.1. The molecule has 1 aromatic heterocycles. The van der Waals surface area contributed by atoms with E-state index in [0.717, 1.165) is 53.6 Å². The van der Waals surface area contributed by atoms with Gasteiger partial charge in [-0.15, -0.1) is 0 Å². The lowest BCUT2D eigenvalue weighted by Crippen LogP contribution is -2.41. The summed E-state index contributed by atoms with van der Waals surface area (Å²) in [4.78, 5) is 6.68. The maximum absolute atomic E-state index is 11.4. The van der Waals surface area contributed by atoms with Crippen LogP contribution in [0.5, 0.6) is 0 Å². The molecule has 0 bridgehead atoms. The summed E-state index contributed by atoms with van der Waals surface area (Å²) in [5.41, 5.74) is 4.60. The van der Waals surface area contributed by atoms with Gasteiger partial charge in [-0.3, -0.25) is 4.98 Å². The molecule has 1 N–H and O–H groups in total. The van der Waals surface area contributed by atoms with Gasteiger partial charge in [-0.2, -0.15) is 5.26 Å². The highest BCUT2D eigenvalue weighted by atomic mass is 32.2. The molecule has 27 heavy (non-hydrogen) atoms. The lowest BCUT2D eigenvalue weighted by molar-refractivity contribution is 0.230. The summed E-state index contributed by atoms with van der Waals surface area (Å²) in [5, 5.41) is 14.1. The molecule has 6 nitrogen and oxygen atoms in total. The summed E-state index contributed by atoms with van der Waals surface area (Å²) >= 11 is 0. The number of nitrogens with zero attached hydrogens (tertiary/aromatic N) is 3. The van der Waals surface area contributed by atoms with Gasteiger partial charge in [0.05, 0.1) is 22.5 Å². The molecule has 1 fully saturated rings. The maximum Gasteiger partial charge on any atom is 0.148 e. The number of aromatic nitrogens is 1. The molecule has 1 aliphatic heterocycles. The van der Waals surface area contributed by atoms with Gasteiger partial charge in [0.15, 0.2) is 0 Å².